The zero-order valence-electron chi connectivity index (χ0n) is 14.8. The predicted molar refractivity (Wildman–Crippen MR) is 108 cm³/mol. The minimum absolute atomic E-state index is 0. The predicted octanol–water partition coefficient (Wildman–Crippen LogP) is 0.858. The minimum atomic E-state index is 0. The van der Waals surface area contributed by atoms with Crippen LogP contribution in [0.1, 0.15) is 18.9 Å². The number of hydrogen-bond acceptors (Lipinski definition) is 4. The number of ether oxygens (including phenoxy) is 1. The molecule has 1 aromatic rings. The molecule has 0 spiro atoms. The van der Waals surface area contributed by atoms with Crippen molar-refractivity contribution in [3.63, 3.8) is 0 Å². The number of aromatic nitrogens is 2. The third kappa shape index (κ3) is 8.29. The summed E-state index contributed by atoms with van der Waals surface area (Å²) >= 11 is 0. The number of nitrogens with zero attached hydrogens (tertiary/aromatic N) is 4. The Hall–Kier alpha value is -0.870. The van der Waals surface area contributed by atoms with Crippen LogP contribution in [-0.2, 0) is 18.2 Å². The Morgan fingerprint density at radius 2 is 2.12 bits per heavy atom. The van der Waals surface area contributed by atoms with Crippen LogP contribution in [0, 0.1) is 0 Å². The molecule has 1 fully saturated rings. The number of rotatable bonds is 8. The third-order valence-electron chi connectivity index (χ3n) is 3.81. The van der Waals surface area contributed by atoms with Crippen LogP contribution in [0.25, 0.3) is 0 Å². The molecule has 0 bridgehead atoms. The van der Waals surface area contributed by atoms with Gasteiger partial charge in [-0.3, -0.25) is 14.6 Å². The number of aryl methyl sites for hydroxylation is 1. The van der Waals surface area contributed by atoms with E-state index in [0.717, 1.165) is 71.3 Å². The molecule has 1 saturated heterocycles. The molecular formula is C16H31IN6O. The fourth-order valence-electron chi connectivity index (χ4n) is 2.58. The number of guanidine groups is 1. The first-order chi connectivity index (χ1) is 11.3. The van der Waals surface area contributed by atoms with Gasteiger partial charge in [0.1, 0.15) is 0 Å². The minimum Gasteiger partial charge on any atom is -0.379 e. The lowest BCUT2D eigenvalue weighted by Gasteiger charge is -2.26. The molecule has 24 heavy (non-hydrogen) atoms. The lowest BCUT2D eigenvalue weighted by atomic mass is 10.2. The van der Waals surface area contributed by atoms with Gasteiger partial charge in [0.15, 0.2) is 5.96 Å². The van der Waals surface area contributed by atoms with E-state index in [9.17, 15) is 0 Å². The van der Waals surface area contributed by atoms with Crippen LogP contribution in [0.2, 0.25) is 0 Å². The van der Waals surface area contributed by atoms with Gasteiger partial charge < -0.3 is 15.4 Å². The van der Waals surface area contributed by atoms with Crippen molar-refractivity contribution < 1.29 is 4.74 Å². The Balaban J connectivity index is 0.00000288. The van der Waals surface area contributed by atoms with Gasteiger partial charge in [-0.25, -0.2) is 0 Å². The highest BCUT2D eigenvalue weighted by Gasteiger charge is 2.09. The third-order valence-corrected chi connectivity index (χ3v) is 3.81. The summed E-state index contributed by atoms with van der Waals surface area (Å²) in [5.74, 6) is 0.901. The molecule has 0 atom stereocenters. The zero-order chi connectivity index (χ0) is 16.3. The lowest BCUT2D eigenvalue weighted by molar-refractivity contribution is 0.0377. The van der Waals surface area contributed by atoms with Crippen molar-refractivity contribution in [1.82, 2.24) is 25.3 Å². The van der Waals surface area contributed by atoms with Gasteiger partial charge in [-0.1, -0.05) is 0 Å². The first-order valence-corrected chi connectivity index (χ1v) is 8.57. The summed E-state index contributed by atoms with van der Waals surface area (Å²) in [6, 6.07) is 0. The van der Waals surface area contributed by atoms with Crippen molar-refractivity contribution in [3.8, 4) is 0 Å². The maximum Gasteiger partial charge on any atom is 0.191 e. The number of aliphatic imine (C=N–C) groups is 1. The largest absolute Gasteiger partial charge is 0.379 e. The molecule has 0 amide bonds. The summed E-state index contributed by atoms with van der Waals surface area (Å²) < 4.78 is 7.20. The summed E-state index contributed by atoms with van der Waals surface area (Å²) in [6.45, 7) is 9.60. The standard InChI is InChI=1S/C16H30N6O.HI/c1-3-17-16(19-7-5-15-13-20-21(2)14-15)18-6-4-8-22-9-11-23-12-10-22;/h13-14H,3-12H2,1-2H3,(H2,17,18,19);1H. The summed E-state index contributed by atoms with van der Waals surface area (Å²) in [6.07, 6.45) is 5.99. The van der Waals surface area contributed by atoms with E-state index < -0.39 is 0 Å². The van der Waals surface area contributed by atoms with Crippen LogP contribution < -0.4 is 10.6 Å². The van der Waals surface area contributed by atoms with Crippen LogP contribution in [0.3, 0.4) is 0 Å². The molecule has 0 saturated carbocycles. The summed E-state index contributed by atoms with van der Waals surface area (Å²) in [5.41, 5.74) is 1.24. The Kier molecular flexibility index (Phi) is 11.0. The molecule has 0 unspecified atom stereocenters. The van der Waals surface area contributed by atoms with E-state index in [4.69, 9.17) is 4.74 Å². The van der Waals surface area contributed by atoms with Crippen molar-refractivity contribution in [2.75, 3.05) is 52.5 Å². The molecule has 138 valence electrons. The second-order valence-electron chi connectivity index (χ2n) is 5.77. The Bertz CT molecular complexity index is 473. The second-order valence-corrected chi connectivity index (χ2v) is 5.77. The Morgan fingerprint density at radius 3 is 2.79 bits per heavy atom. The van der Waals surface area contributed by atoms with Crippen LogP contribution in [0.4, 0.5) is 0 Å². The average Bonchev–Trinajstić information content (AvgIpc) is 2.98. The molecular weight excluding hydrogens is 419 g/mol. The van der Waals surface area contributed by atoms with E-state index in [1.54, 1.807) is 0 Å². The van der Waals surface area contributed by atoms with Gasteiger partial charge in [-0.05, 0) is 25.3 Å². The van der Waals surface area contributed by atoms with Crippen molar-refractivity contribution in [2.45, 2.75) is 19.8 Å². The maximum atomic E-state index is 5.36. The summed E-state index contributed by atoms with van der Waals surface area (Å²) in [5, 5.41) is 10.9. The molecule has 8 heteroatoms. The van der Waals surface area contributed by atoms with E-state index >= 15 is 0 Å². The molecule has 1 aliphatic heterocycles. The van der Waals surface area contributed by atoms with Crippen LogP contribution in [0.15, 0.2) is 17.4 Å². The van der Waals surface area contributed by atoms with Gasteiger partial charge in [-0.15, -0.1) is 24.0 Å². The molecule has 1 aliphatic rings. The quantitative estimate of drug-likeness (QED) is 0.266. The fraction of sp³-hybridized carbons (Fsp3) is 0.750. The van der Waals surface area contributed by atoms with Crippen LogP contribution in [-0.4, -0.2) is 73.1 Å². The van der Waals surface area contributed by atoms with Crippen molar-refractivity contribution >= 4 is 29.9 Å². The molecule has 2 heterocycles. The van der Waals surface area contributed by atoms with Crippen molar-refractivity contribution in [1.29, 1.82) is 0 Å². The first kappa shape index (κ1) is 21.2. The molecule has 2 N–H and O–H groups in total. The van der Waals surface area contributed by atoms with E-state index in [-0.39, 0.29) is 24.0 Å². The summed E-state index contributed by atoms with van der Waals surface area (Å²) in [4.78, 5) is 7.10. The zero-order valence-corrected chi connectivity index (χ0v) is 17.2. The normalized spacial score (nSPS) is 15.8. The Labute approximate surface area is 162 Å². The van der Waals surface area contributed by atoms with Gasteiger partial charge in [-0.2, -0.15) is 5.10 Å². The fourth-order valence-corrected chi connectivity index (χ4v) is 2.58. The van der Waals surface area contributed by atoms with Gasteiger partial charge in [0.05, 0.1) is 19.4 Å². The highest BCUT2D eigenvalue weighted by molar-refractivity contribution is 14.0. The topological polar surface area (TPSA) is 66.7 Å². The maximum absolute atomic E-state index is 5.36. The van der Waals surface area contributed by atoms with Crippen molar-refractivity contribution in [3.05, 3.63) is 18.0 Å². The number of nitrogens with one attached hydrogen (secondary N) is 2. The monoisotopic (exact) mass is 450 g/mol. The molecule has 1 aromatic heterocycles. The van der Waals surface area contributed by atoms with Gasteiger partial charge in [0, 0.05) is 52.5 Å². The first-order valence-electron chi connectivity index (χ1n) is 8.57. The molecule has 0 aromatic carbocycles. The van der Waals surface area contributed by atoms with Crippen molar-refractivity contribution in [2.24, 2.45) is 12.0 Å². The van der Waals surface area contributed by atoms with E-state index in [2.05, 4.69) is 32.5 Å². The second kappa shape index (κ2) is 12.5. The van der Waals surface area contributed by atoms with Gasteiger partial charge in [0.25, 0.3) is 0 Å². The SMILES string of the molecule is CCNC(=NCCCN1CCOCC1)NCCc1cnn(C)c1.I. The van der Waals surface area contributed by atoms with Crippen LogP contribution in [0.5, 0.6) is 0 Å². The highest BCUT2D eigenvalue weighted by atomic mass is 127. The number of morpholine rings is 1. The lowest BCUT2D eigenvalue weighted by Crippen LogP contribution is -2.39. The van der Waals surface area contributed by atoms with Gasteiger partial charge in [0.2, 0.25) is 0 Å². The van der Waals surface area contributed by atoms with E-state index in [0.29, 0.717) is 0 Å². The van der Waals surface area contributed by atoms with E-state index in [1.165, 1.54) is 5.56 Å². The molecule has 2 rings (SSSR count). The number of hydrogen-bond donors (Lipinski definition) is 2. The highest BCUT2D eigenvalue weighted by Crippen LogP contribution is 1.98. The molecule has 0 aliphatic carbocycles. The smallest absolute Gasteiger partial charge is 0.191 e. The summed E-state index contributed by atoms with van der Waals surface area (Å²) in [7, 11) is 1.94. The van der Waals surface area contributed by atoms with Gasteiger partial charge >= 0.3 is 0 Å². The Morgan fingerprint density at radius 1 is 1.33 bits per heavy atom. The molecule has 0 radical (unpaired) electrons. The van der Waals surface area contributed by atoms with E-state index in [1.807, 2.05) is 24.1 Å². The number of halogens is 1. The average molecular weight is 450 g/mol. The van der Waals surface area contributed by atoms with Crippen LogP contribution >= 0.6 is 24.0 Å². The molecule has 7 nitrogen and oxygen atoms in total.